The Morgan fingerprint density at radius 3 is 2.22 bits per heavy atom. The van der Waals surface area contributed by atoms with E-state index in [0.29, 0.717) is 0 Å². The number of hydrogen-bond acceptors (Lipinski definition) is 2. The summed E-state index contributed by atoms with van der Waals surface area (Å²) in [4.78, 5) is 6.31. The van der Waals surface area contributed by atoms with E-state index in [1.54, 1.807) is 0 Å². The third-order valence-electron chi connectivity index (χ3n) is 1.33. The number of amidine groups is 1. The Hall–Kier alpha value is 0.190. The molecule has 2 nitrogen and oxygen atoms in total. The SMILES string of the molecule is CC1=NCCN1C.Cl.P. The zero-order valence-corrected chi connectivity index (χ0v) is 8.15. The monoisotopic (exact) mass is 168 g/mol. The molecule has 9 heavy (non-hydrogen) atoms. The smallest absolute Gasteiger partial charge is 0.0956 e. The summed E-state index contributed by atoms with van der Waals surface area (Å²) in [5.74, 6) is 1.17. The Balaban J connectivity index is 0. The van der Waals surface area contributed by atoms with Crippen molar-refractivity contribution in [2.45, 2.75) is 6.92 Å². The summed E-state index contributed by atoms with van der Waals surface area (Å²) in [5, 5.41) is 0. The Morgan fingerprint density at radius 2 is 2.11 bits per heavy atom. The first-order valence-electron chi connectivity index (χ1n) is 2.53. The number of rotatable bonds is 0. The number of likely N-dealkylation sites (N-methyl/N-ethyl adjacent to an activating group) is 1. The highest BCUT2D eigenvalue weighted by Crippen LogP contribution is 1.94. The average Bonchev–Trinajstić information content (AvgIpc) is 1.91. The molecule has 0 aromatic carbocycles. The summed E-state index contributed by atoms with van der Waals surface area (Å²) >= 11 is 0. The van der Waals surface area contributed by atoms with Crippen LogP contribution in [0.3, 0.4) is 0 Å². The van der Waals surface area contributed by atoms with Gasteiger partial charge in [-0.2, -0.15) is 9.90 Å². The van der Waals surface area contributed by atoms with Gasteiger partial charge in [0.1, 0.15) is 0 Å². The van der Waals surface area contributed by atoms with Crippen molar-refractivity contribution >= 4 is 28.1 Å². The minimum Gasteiger partial charge on any atom is -0.362 e. The van der Waals surface area contributed by atoms with Crippen molar-refractivity contribution in [1.82, 2.24) is 4.90 Å². The second-order valence-electron chi connectivity index (χ2n) is 1.85. The fourth-order valence-corrected chi connectivity index (χ4v) is 0.644. The highest BCUT2D eigenvalue weighted by molar-refractivity contribution is 6.92. The van der Waals surface area contributed by atoms with Crippen LogP contribution in [0, 0.1) is 0 Å². The topological polar surface area (TPSA) is 15.6 Å². The highest BCUT2D eigenvalue weighted by Gasteiger charge is 2.04. The van der Waals surface area contributed by atoms with E-state index in [4.69, 9.17) is 0 Å². The molecular formula is C5H14ClN2P. The Morgan fingerprint density at radius 1 is 1.56 bits per heavy atom. The van der Waals surface area contributed by atoms with Gasteiger partial charge in [-0.15, -0.1) is 12.4 Å². The van der Waals surface area contributed by atoms with Crippen LogP contribution in [0.5, 0.6) is 0 Å². The molecule has 1 heterocycles. The van der Waals surface area contributed by atoms with Crippen LogP contribution in [0.2, 0.25) is 0 Å². The fraction of sp³-hybridized carbons (Fsp3) is 0.800. The van der Waals surface area contributed by atoms with Crippen molar-refractivity contribution in [3.05, 3.63) is 0 Å². The predicted molar refractivity (Wildman–Crippen MR) is 49.0 cm³/mol. The molecule has 0 fully saturated rings. The van der Waals surface area contributed by atoms with E-state index in [1.807, 2.05) is 6.92 Å². The lowest BCUT2D eigenvalue weighted by Gasteiger charge is -2.07. The van der Waals surface area contributed by atoms with Gasteiger partial charge in [-0.3, -0.25) is 4.99 Å². The maximum Gasteiger partial charge on any atom is 0.0956 e. The van der Waals surface area contributed by atoms with Crippen LogP contribution in [0.1, 0.15) is 6.92 Å². The minimum atomic E-state index is 0. The first-order chi connectivity index (χ1) is 3.30. The summed E-state index contributed by atoms with van der Waals surface area (Å²) < 4.78 is 0. The van der Waals surface area contributed by atoms with Crippen molar-refractivity contribution in [2.24, 2.45) is 4.99 Å². The molecule has 1 atom stereocenters. The molecule has 56 valence electrons. The van der Waals surface area contributed by atoms with Gasteiger partial charge in [0.05, 0.1) is 12.4 Å². The number of halogens is 1. The van der Waals surface area contributed by atoms with Gasteiger partial charge in [-0.1, -0.05) is 0 Å². The van der Waals surface area contributed by atoms with E-state index in [2.05, 4.69) is 16.9 Å². The van der Waals surface area contributed by atoms with Crippen molar-refractivity contribution < 1.29 is 0 Å². The zero-order chi connectivity index (χ0) is 5.28. The van der Waals surface area contributed by atoms with Crippen LogP contribution < -0.4 is 0 Å². The molecule has 0 amide bonds. The van der Waals surface area contributed by atoms with Gasteiger partial charge in [0, 0.05) is 13.6 Å². The molecule has 0 aromatic rings. The molecule has 0 radical (unpaired) electrons. The summed E-state index contributed by atoms with van der Waals surface area (Å²) in [5.41, 5.74) is 0. The van der Waals surface area contributed by atoms with Crippen LogP contribution in [0.4, 0.5) is 0 Å². The molecule has 0 aliphatic carbocycles. The quantitative estimate of drug-likeness (QED) is 0.490. The zero-order valence-electron chi connectivity index (χ0n) is 5.92. The standard InChI is InChI=1S/C5H10N2.ClH.H3P/c1-5-6-3-4-7(5)2;;/h3-4H2,1-2H3;1H;1H3. The largest absolute Gasteiger partial charge is 0.362 e. The average molecular weight is 169 g/mol. The van der Waals surface area contributed by atoms with Crippen molar-refractivity contribution in [3.63, 3.8) is 0 Å². The maximum atomic E-state index is 4.16. The summed E-state index contributed by atoms with van der Waals surface area (Å²) in [6.45, 7) is 4.13. The third kappa shape index (κ3) is 3.02. The molecule has 0 bridgehead atoms. The lowest BCUT2D eigenvalue weighted by Crippen LogP contribution is -2.19. The minimum absolute atomic E-state index is 0. The molecule has 0 spiro atoms. The number of nitrogens with zero attached hydrogens (tertiary/aromatic N) is 2. The molecule has 1 unspecified atom stereocenters. The van der Waals surface area contributed by atoms with E-state index >= 15 is 0 Å². The van der Waals surface area contributed by atoms with Crippen molar-refractivity contribution in [2.75, 3.05) is 20.1 Å². The van der Waals surface area contributed by atoms with Gasteiger partial charge < -0.3 is 4.90 Å². The molecule has 1 aliphatic rings. The summed E-state index contributed by atoms with van der Waals surface area (Å²) in [6, 6.07) is 0. The molecular weight excluding hydrogens is 154 g/mol. The Labute approximate surface area is 65.8 Å². The van der Waals surface area contributed by atoms with Gasteiger partial charge in [0.15, 0.2) is 0 Å². The molecule has 4 heteroatoms. The highest BCUT2D eigenvalue weighted by atomic mass is 35.5. The summed E-state index contributed by atoms with van der Waals surface area (Å²) in [7, 11) is 2.06. The van der Waals surface area contributed by atoms with E-state index in [1.165, 1.54) is 5.84 Å². The Bertz CT molecular complexity index is 105. The van der Waals surface area contributed by atoms with E-state index in [0.717, 1.165) is 13.1 Å². The lowest BCUT2D eigenvalue weighted by atomic mass is 10.6. The Kier molecular flexibility index (Phi) is 6.64. The molecule has 0 saturated heterocycles. The molecule has 0 aromatic heterocycles. The molecule has 1 aliphatic heterocycles. The number of hydrogen-bond donors (Lipinski definition) is 0. The van der Waals surface area contributed by atoms with Gasteiger partial charge >= 0.3 is 0 Å². The molecule has 1 rings (SSSR count). The van der Waals surface area contributed by atoms with Crippen LogP contribution in [-0.4, -0.2) is 30.9 Å². The molecule has 0 saturated carbocycles. The van der Waals surface area contributed by atoms with Gasteiger partial charge in [-0.05, 0) is 6.92 Å². The summed E-state index contributed by atoms with van der Waals surface area (Å²) in [6.07, 6.45) is 0. The normalized spacial score (nSPS) is 15.8. The van der Waals surface area contributed by atoms with E-state index < -0.39 is 0 Å². The number of aliphatic imine (C=N–C) groups is 1. The first kappa shape index (κ1) is 11.9. The van der Waals surface area contributed by atoms with E-state index in [9.17, 15) is 0 Å². The van der Waals surface area contributed by atoms with Crippen LogP contribution in [-0.2, 0) is 0 Å². The van der Waals surface area contributed by atoms with Crippen molar-refractivity contribution in [3.8, 4) is 0 Å². The lowest BCUT2D eigenvalue weighted by molar-refractivity contribution is 0.553. The van der Waals surface area contributed by atoms with Crippen molar-refractivity contribution in [1.29, 1.82) is 0 Å². The second-order valence-corrected chi connectivity index (χ2v) is 1.85. The first-order valence-corrected chi connectivity index (χ1v) is 2.53. The maximum absolute atomic E-state index is 4.16. The molecule has 0 N–H and O–H groups in total. The van der Waals surface area contributed by atoms with Crippen LogP contribution >= 0.6 is 22.3 Å². The van der Waals surface area contributed by atoms with Crippen LogP contribution in [0.15, 0.2) is 4.99 Å². The van der Waals surface area contributed by atoms with Gasteiger partial charge in [-0.25, -0.2) is 0 Å². The predicted octanol–water partition coefficient (Wildman–Crippen LogP) is 0.830. The van der Waals surface area contributed by atoms with E-state index in [-0.39, 0.29) is 22.3 Å². The second kappa shape index (κ2) is 5.01. The fourth-order valence-electron chi connectivity index (χ4n) is 0.644. The van der Waals surface area contributed by atoms with Gasteiger partial charge in [0.2, 0.25) is 0 Å². The third-order valence-corrected chi connectivity index (χ3v) is 1.33. The van der Waals surface area contributed by atoms with Crippen LogP contribution in [0.25, 0.3) is 0 Å². The van der Waals surface area contributed by atoms with Gasteiger partial charge in [0.25, 0.3) is 0 Å².